The summed E-state index contributed by atoms with van der Waals surface area (Å²) in [6.45, 7) is 1.55. The van der Waals surface area contributed by atoms with Crippen molar-refractivity contribution in [2.75, 3.05) is 5.73 Å². The van der Waals surface area contributed by atoms with E-state index in [0.29, 0.717) is 11.8 Å². The number of nitrogens with zero attached hydrogens (tertiary/aromatic N) is 5. The van der Waals surface area contributed by atoms with Crippen LogP contribution >= 0.6 is 0 Å². The Morgan fingerprint density at radius 3 is 2.57 bits per heavy atom. The minimum atomic E-state index is -2.81. The van der Waals surface area contributed by atoms with E-state index < -0.39 is 23.8 Å². The van der Waals surface area contributed by atoms with Crippen LogP contribution in [0.15, 0.2) is 36.7 Å². The molecule has 0 aliphatic heterocycles. The first-order valence-corrected chi connectivity index (χ1v) is 8.07. The number of hydrogen-bond acceptors (Lipinski definition) is 5. The van der Waals surface area contributed by atoms with Gasteiger partial charge in [0.05, 0.1) is 11.3 Å². The number of rotatable bonds is 3. The second kappa shape index (κ2) is 6.55. The van der Waals surface area contributed by atoms with E-state index in [0.717, 1.165) is 6.07 Å². The first kappa shape index (κ1) is 17.8. The highest BCUT2D eigenvalue weighted by atomic mass is 19.3. The van der Waals surface area contributed by atoms with Crippen molar-refractivity contribution < 1.29 is 17.6 Å². The number of aryl methyl sites for hydroxylation is 1. The molecule has 1 aromatic carbocycles. The molecule has 28 heavy (non-hydrogen) atoms. The number of aromatic nitrogens is 5. The normalized spacial score (nSPS) is 11.5. The molecule has 0 saturated carbocycles. The molecule has 4 rings (SSSR count). The lowest BCUT2D eigenvalue weighted by atomic mass is 9.99. The number of anilines is 1. The number of nitrogens with two attached hydrogens (primary N) is 1. The van der Waals surface area contributed by atoms with Gasteiger partial charge in [0.2, 0.25) is 5.95 Å². The lowest BCUT2D eigenvalue weighted by Gasteiger charge is -2.14. The van der Waals surface area contributed by atoms with Crippen LogP contribution in [0, 0.1) is 18.6 Å². The average Bonchev–Trinajstić information content (AvgIpc) is 3.11. The fourth-order valence-electron chi connectivity index (χ4n) is 3.00. The molecule has 10 heteroatoms. The molecule has 0 radical (unpaired) electrons. The summed E-state index contributed by atoms with van der Waals surface area (Å²) >= 11 is 0. The van der Waals surface area contributed by atoms with Crippen LogP contribution in [-0.2, 0) is 0 Å². The minimum absolute atomic E-state index is 0.0290. The SMILES string of the molecule is Cc1cc(-c2c(-c3ccc(F)cc3F)nc(N)n3cnnc23)cc(C(F)F)n1. The molecule has 2 N–H and O–H groups in total. The molecule has 4 aromatic rings. The van der Waals surface area contributed by atoms with Crippen molar-refractivity contribution in [1.29, 1.82) is 0 Å². The molecule has 0 spiro atoms. The van der Waals surface area contributed by atoms with Gasteiger partial charge in [-0.25, -0.2) is 22.5 Å². The monoisotopic (exact) mass is 388 g/mol. The maximum Gasteiger partial charge on any atom is 0.280 e. The molecule has 0 aliphatic carbocycles. The topological polar surface area (TPSA) is 82.0 Å². The molecule has 0 atom stereocenters. The number of benzene rings is 1. The van der Waals surface area contributed by atoms with Gasteiger partial charge in [0.25, 0.3) is 6.43 Å². The summed E-state index contributed by atoms with van der Waals surface area (Å²) in [6.07, 6.45) is -1.51. The van der Waals surface area contributed by atoms with E-state index in [9.17, 15) is 17.6 Å². The Morgan fingerprint density at radius 2 is 1.86 bits per heavy atom. The molecular formula is C18H12F4N6. The lowest BCUT2D eigenvalue weighted by Crippen LogP contribution is -2.05. The van der Waals surface area contributed by atoms with Crippen molar-refractivity contribution in [2.45, 2.75) is 13.3 Å². The highest BCUT2D eigenvalue weighted by molar-refractivity contribution is 5.91. The van der Waals surface area contributed by atoms with Crippen molar-refractivity contribution >= 4 is 11.6 Å². The zero-order valence-corrected chi connectivity index (χ0v) is 14.4. The maximum atomic E-state index is 14.5. The van der Waals surface area contributed by atoms with E-state index in [1.165, 1.54) is 22.9 Å². The van der Waals surface area contributed by atoms with E-state index in [1.807, 2.05) is 0 Å². The van der Waals surface area contributed by atoms with Crippen molar-refractivity contribution in [1.82, 2.24) is 24.6 Å². The van der Waals surface area contributed by atoms with E-state index in [2.05, 4.69) is 20.2 Å². The molecule has 3 heterocycles. The molecular weight excluding hydrogens is 376 g/mol. The number of nitrogen functional groups attached to an aromatic ring is 1. The van der Waals surface area contributed by atoms with Crippen molar-refractivity contribution in [2.24, 2.45) is 0 Å². The van der Waals surface area contributed by atoms with E-state index >= 15 is 0 Å². The van der Waals surface area contributed by atoms with Gasteiger partial charge in [-0.2, -0.15) is 0 Å². The molecule has 142 valence electrons. The molecule has 0 bridgehead atoms. The summed E-state index contributed by atoms with van der Waals surface area (Å²) in [6, 6.07) is 5.68. The number of fused-ring (bicyclic) bond motifs is 1. The van der Waals surface area contributed by atoms with Gasteiger partial charge in [-0.05, 0) is 36.8 Å². The van der Waals surface area contributed by atoms with Gasteiger partial charge in [-0.1, -0.05) is 0 Å². The van der Waals surface area contributed by atoms with Crippen LogP contribution in [0.4, 0.5) is 23.5 Å². The molecule has 6 nitrogen and oxygen atoms in total. The van der Waals surface area contributed by atoms with Gasteiger partial charge >= 0.3 is 0 Å². The first-order chi connectivity index (χ1) is 13.3. The van der Waals surface area contributed by atoms with Crippen molar-refractivity contribution in [3.8, 4) is 22.4 Å². The summed E-state index contributed by atoms with van der Waals surface area (Å²) in [5.41, 5.74) is 6.47. The Hall–Kier alpha value is -3.56. The van der Waals surface area contributed by atoms with Crippen molar-refractivity contribution in [3.63, 3.8) is 0 Å². The lowest BCUT2D eigenvalue weighted by molar-refractivity contribution is 0.146. The molecule has 3 aromatic heterocycles. The predicted octanol–water partition coefficient (Wildman–Crippen LogP) is 3.96. The van der Waals surface area contributed by atoms with Gasteiger partial charge in [0, 0.05) is 17.3 Å². The standard InChI is InChI=1S/C18H12F4N6/c1-8-4-9(5-13(25-8)16(21)22)14-15(11-3-2-10(19)6-12(11)20)26-18(23)28-7-24-27-17(14)28/h2-7,16H,1H3,(H2,23,26). The average molecular weight is 388 g/mol. The van der Waals surface area contributed by atoms with Crippen LogP contribution in [0.25, 0.3) is 28.0 Å². The molecule has 0 unspecified atom stereocenters. The number of hydrogen-bond donors (Lipinski definition) is 1. The summed E-state index contributed by atoms with van der Waals surface area (Å²) in [5, 5.41) is 7.76. The quantitative estimate of drug-likeness (QED) is 0.537. The van der Waals surface area contributed by atoms with Crippen LogP contribution in [0.5, 0.6) is 0 Å². The van der Waals surface area contributed by atoms with Crippen LogP contribution in [0.3, 0.4) is 0 Å². The predicted molar refractivity (Wildman–Crippen MR) is 93.5 cm³/mol. The van der Waals surface area contributed by atoms with Gasteiger partial charge < -0.3 is 5.73 Å². The van der Waals surface area contributed by atoms with Gasteiger partial charge in [-0.15, -0.1) is 10.2 Å². The fraction of sp³-hybridized carbons (Fsp3) is 0.111. The van der Waals surface area contributed by atoms with Crippen LogP contribution in [0.1, 0.15) is 17.8 Å². The summed E-state index contributed by atoms with van der Waals surface area (Å²) in [4.78, 5) is 8.02. The fourth-order valence-corrected chi connectivity index (χ4v) is 3.00. The van der Waals surface area contributed by atoms with Crippen LogP contribution in [0.2, 0.25) is 0 Å². The number of alkyl halides is 2. The van der Waals surface area contributed by atoms with E-state index in [-0.39, 0.29) is 34.0 Å². The Balaban J connectivity index is 2.10. The summed E-state index contributed by atoms with van der Waals surface area (Å²) in [5.74, 6) is -1.68. The summed E-state index contributed by atoms with van der Waals surface area (Å²) < 4.78 is 55.7. The largest absolute Gasteiger partial charge is 0.369 e. The second-order valence-electron chi connectivity index (χ2n) is 6.07. The molecule has 0 amide bonds. The van der Waals surface area contributed by atoms with E-state index in [4.69, 9.17) is 5.73 Å². The number of pyridine rings is 1. The molecule has 0 aliphatic rings. The third kappa shape index (κ3) is 2.92. The number of halogens is 4. The third-order valence-electron chi connectivity index (χ3n) is 4.15. The Morgan fingerprint density at radius 1 is 1.07 bits per heavy atom. The highest BCUT2D eigenvalue weighted by Crippen LogP contribution is 2.37. The highest BCUT2D eigenvalue weighted by Gasteiger charge is 2.22. The maximum absolute atomic E-state index is 14.5. The smallest absolute Gasteiger partial charge is 0.280 e. The first-order valence-electron chi connectivity index (χ1n) is 8.07. The Bertz CT molecular complexity index is 1200. The van der Waals surface area contributed by atoms with Crippen LogP contribution in [-0.4, -0.2) is 24.6 Å². The Kier molecular flexibility index (Phi) is 4.17. The third-order valence-corrected chi connectivity index (χ3v) is 4.15. The second-order valence-corrected chi connectivity index (χ2v) is 6.07. The van der Waals surface area contributed by atoms with Crippen LogP contribution < -0.4 is 5.73 Å². The summed E-state index contributed by atoms with van der Waals surface area (Å²) in [7, 11) is 0. The van der Waals surface area contributed by atoms with Gasteiger partial charge in [0.1, 0.15) is 23.7 Å². The zero-order chi connectivity index (χ0) is 20.0. The minimum Gasteiger partial charge on any atom is -0.369 e. The Labute approximate surface area is 155 Å². The van der Waals surface area contributed by atoms with E-state index in [1.54, 1.807) is 13.0 Å². The van der Waals surface area contributed by atoms with Gasteiger partial charge in [-0.3, -0.25) is 9.38 Å². The molecule has 0 fully saturated rings. The molecule has 0 saturated heterocycles. The van der Waals surface area contributed by atoms with Crippen molar-refractivity contribution in [3.05, 3.63) is 59.7 Å². The zero-order valence-electron chi connectivity index (χ0n) is 14.4. The van der Waals surface area contributed by atoms with Gasteiger partial charge in [0.15, 0.2) is 5.65 Å².